The van der Waals surface area contributed by atoms with Crippen LogP contribution in [-0.4, -0.2) is 73.5 Å². The van der Waals surface area contributed by atoms with Crippen LogP contribution in [0.4, 0.5) is 5.69 Å². The van der Waals surface area contributed by atoms with Crippen LogP contribution in [0.15, 0.2) is 42.5 Å². The molecule has 7 N–H and O–H groups in total. The molecule has 12 nitrogen and oxygen atoms in total. The lowest BCUT2D eigenvalue weighted by molar-refractivity contribution is -0.134. The fourth-order valence-corrected chi connectivity index (χ4v) is 5.63. The number of ether oxygens (including phenoxy) is 1. The van der Waals surface area contributed by atoms with Crippen LogP contribution in [0.5, 0.6) is 5.75 Å². The van der Waals surface area contributed by atoms with Crippen molar-refractivity contribution >= 4 is 45.3 Å². The Hall–Kier alpha value is -4.39. The fraction of sp³-hybridized carbons (Fsp3) is 0.333. The van der Waals surface area contributed by atoms with Crippen molar-refractivity contribution in [3.8, 4) is 5.75 Å². The standard InChI is InChI=1S/C27H34N6O6S/c1-17-13-21(15-23(27(31)36)25(17)39-22-8-11-32(12-9-22)18(2)28)33(40(37,38)16-24(34)35)10-4-6-19-5-3-7-20(14-19)26(29)30/h3-7,13-15,22,28H,8-12,16H2,1-2H3,(H3,29,30)(H2,31,36)(H,34,35). The summed E-state index contributed by atoms with van der Waals surface area (Å²) < 4.78 is 33.3. The number of nitrogens with one attached hydrogen (secondary N) is 2. The number of aliphatic carboxylic acids is 1. The van der Waals surface area contributed by atoms with E-state index < -0.39 is 27.7 Å². The largest absolute Gasteiger partial charge is 0.489 e. The third kappa shape index (κ3) is 7.59. The lowest BCUT2D eigenvalue weighted by Gasteiger charge is -2.33. The van der Waals surface area contributed by atoms with Gasteiger partial charge in [-0.25, -0.2) is 8.42 Å². The molecule has 0 aromatic heterocycles. The molecule has 0 aliphatic carbocycles. The maximum atomic E-state index is 13.1. The van der Waals surface area contributed by atoms with E-state index in [1.807, 2.05) is 4.90 Å². The summed E-state index contributed by atoms with van der Waals surface area (Å²) in [5.41, 5.74) is 12.9. The summed E-state index contributed by atoms with van der Waals surface area (Å²) in [4.78, 5) is 25.7. The van der Waals surface area contributed by atoms with E-state index in [1.165, 1.54) is 18.2 Å². The van der Waals surface area contributed by atoms with Crippen LogP contribution in [0.3, 0.4) is 0 Å². The summed E-state index contributed by atoms with van der Waals surface area (Å²) in [7, 11) is -4.35. The van der Waals surface area contributed by atoms with Gasteiger partial charge in [-0.05, 0) is 43.2 Å². The van der Waals surface area contributed by atoms with Crippen LogP contribution < -0.4 is 20.5 Å². The monoisotopic (exact) mass is 570 g/mol. The molecule has 0 atom stereocenters. The van der Waals surface area contributed by atoms with Crippen molar-refractivity contribution in [1.29, 1.82) is 10.8 Å². The highest BCUT2D eigenvalue weighted by Crippen LogP contribution is 2.33. The summed E-state index contributed by atoms with van der Waals surface area (Å²) in [6.45, 7) is 4.40. The van der Waals surface area contributed by atoms with E-state index in [4.69, 9.17) is 27.0 Å². The number of carbonyl (C=O) groups is 2. The Kier molecular flexibility index (Phi) is 9.53. The minimum Gasteiger partial charge on any atom is -0.489 e. The first-order valence-electron chi connectivity index (χ1n) is 12.5. The summed E-state index contributed by atoms with van der Waals surface area (Å²) in [5.74, 6) is -2.91. The number of hydrogen-bond acceptors (Lipinski definition) is 7. The van der Waals surface area contributed by atoms with Gasteiger partial charge >= 0.3 is 5.97 Å². The third-order valence-corrected chi connectivity index (χ3v) is 8.08. The molecule has 2 aromatic rings. The number of sulfonamides is 1. The minimum absolute atomic E-state index is 0.0191. The Morgan fingerprint density at radius 2 is 1.85 bits per heavy atom. The highest BCUT2D eigenvalue weighted by atomic mass is 32.2. The van der Waals surface area contributed by atoms with Crippen molar-refractivity contribution in [3.63, 3.8) is 0 Å². The first-order valence-corrected chi connectivity index (χ1v) is 14.1. The van der Waals surface area contributed by atoms with Crippen LogP contribution in [-0.2, 0) is 14.8 Å². The van der Waals surface area contributed by atoms with Gasteiger partial charge in [-0.3, -0.25) is 24.7 Å². The molecule has 0 unspecified atom stereocenters. The van der Waals surface area contributed by atoms with Gasteiger partial charge < -0.3 is 26.2 Å². The number of carbonyl (C=O) groups excluding carboxylic acids is 1. The number of carboxylic acids is 1. The van der Waals surface area contributed by atoms with Crippen LogP contribution in [0.1, 0.15) is 46.8 Å². The Labute approximate surface area is 233 Å². The molecule has 0 saturated carbocycles. The molecular weight excluding hydrogens is 536 g/mol. The first-order chi connectivity index (χ1) is 18.8. The number of carboxylic acid groups (broad SMARTS) is 1. The summed E-state index contributed by atoms with van der Waals surface area (Å²) in [5, 5.41) is 24.6. The maximum Gasteiger partial charge on any atom is 0.320 e. The second kappa shape index (κ2) is 12.6. The van der Waals surface area contributed by atoms with E-state index in [0.29, 0.717) is 48.5 Å². The van der Waals surface area contributed by atoms with Gasteiger partial charge in [0.25, 0.3) is 5.91 Å². The molecule has 214 valence electrons. The summed E-state index contributed by atoms with van der Waals surface area (Å²) in [6.07, 6.45) is 4.19. The number of primary amides is 1. The van der Waals surface area contributed by atoms with E-state index >= 15 is 0 Å². The van der Waals surface area contributed by atoms with Gasteiger partial charge in [-0.15, -0.1) is 0 Å². The number of anilines is 1. The maximum absolute atomic E-state index is 13.1. The second-order valence-electron chi connectivity index (χ2n) is 9.52. The fourth-order valence-electron chi connectivity index (χ4n) is 4.42. The Morgan fingerprint density at radius 1 is 1.18 bits per heavy atom. The van der Waals surface area contributed by atoms with Crippen molar-refractivity contribution in [3.05, 3.63) is 64.7 Å². The third-order valence-electron chi connectivity index (χ3n) is 6.43. The van der Waals surface area contributed by atoms with Gasteiger partial charge in [-0.2, -0.15) is 0 Å². The van der Waals surface area contributed by atoms with Crippen LogP contribution in [0.25, 0.3) is 6.08 Å². The zero-order chi connectivity index (χ0) is 29.6. The van der Waals surface area contributed by atoms with E-state index in [0.717, 1.165) is 4.31 Å². The quantitative estimate of drug-likeness (QED) is 0.199. The van der Waals surface area contributed by atoms with E-state index in [-0.39, 0.29) is 35.5 Å². The van der Waals surface area contributed by atoms with Gasteiger partial charge in [0, 0.05) is 31.5 Å². The molecule has 1 saturated heterocycles. The second-order valence-corrected chi connectivity index (χ2v) is 11.4. The van der Waals surface area contributed by atoms with Gasteiger partial charge in [0.05, 0.1) is 23.6 Å². The first kappa shape index (κ1) is 30.2. The number of aryl methyl sites for hydroxylation is 1. The molecule has 1 heterocycles. The molecule has 1 amide bonds. The number of piperidine rings is 1. The van der Waals surface area contributed by atoms with Gasteiger partial charge in [0.1, 0.15) is 17.7 Å². The molecular formula is C27H34N6O6S. The molecule has 1 aliphatic heterocycles. The molecule has 3 rings (SSSR count). The molecule has 13 heteroatoms. The van der Waals surface area contributed by atoms with Crippen molar-refractivity contribution in [2.24, 2.45) is 11.5 Å². The number of nitrogens with zero attached hydrogens (tertiary/aromatic N) is 2. The van der Waals surface area contributed by atoms with E-state index in [9.17, 15) is 23.1 Å². The Bertz CT molecular complexity index is 1450. The molecule has 2 aromatic carbocycles. The normalized spacial score (nSPS) is 14.2. The molecule has 0 spiro atoms. The van der Waals surface area contributed by atoms with Crippen molar-refractivity contribution in [2.75, 3.05) is 29.7 Å². The van der Waals surface area contributed by atoms with E-state index in [1.54, 1.807) is 44.2 Å². The topological polar surface area (TPSA) is 204 Å². The predicted molar refractivity (Wildman–Crippen MR) is 154 cm³/mol. The number of nitrogen functional groups attached to an aromatic ring is 1. The van der Waals surface area contributed by atoms with Crippen molar-refractivity contribution in [1.82, 2.24) is 4.90 Å². The van der Waals surface area contributed by atoms with Crippen molar-refractivity contribution < 1.29 is 27.9 Å². The Balaban J connectivity index is 1.95. The average Bonchev–Trinajstić information content (AvgIpc) is 2.87. The zero-order valence-corrected chi connectivity index (χ0v) is 23.2. The molecule has 1 aliphatic rings. The molecule has 1 fully saturated rings. The van der Waals surface area contributed by atoms with Crippen LogP contribution in [0.2, 0.25) is 0 Å². The van der Waals surface area contributed by atoms with Crippen LogP contribution in [0, 0.1) is 17.7 Å². The smallest absolute Gasteiger partial charge is 0.320 e. The lowest BCUT2D eigenvalue weighted by atomic mass is 10.0. The number of benzene rings is 2. The lowest BCUT2D eigenvalue weighted by Crippen LogP contribution is -2.40. The minimum atomic E-state index is -4.35. The number of amides is 1. The molecule has 0 bridgehead atoms. The van der Waals surface area contributed by atoms with Gasteiger partial charge in [0.15, 0.2) is 5.75 Å². The Morgan fingerprint density at radius 3 is 2.42 bits per heavy atom. The molecule has 40 heavy (non-hydrogen) atoms. The summed E-state index contributed by atoms with van der Waals surface area (Å²) in [6, 6.07) is 9.58. The number of likely N-dealkylation sites (tertiary alicyclic amines) is 1. The SMILES string of the molecule is CC(=N)N1CCC(Oc2c(C)cc(N(CC=Cc3cccc(C(=N)N)c3)S(=O)(=O)CC(=O)O)cc2C(N)=O)CC1. The van der Waals surface area contributed by atoms with Gasteiger partial charge in [0.2, 0.25) is 10.0 Å². The predicted octanol–water partition coefficient (Wildman–Crippen LogP) is 2.15. The highest BCUT2D eigenvalue weighted by molar-refractivity contribution is 7.93. The molecule has 0 radical (unpaired) electrons. The number of nitrogens with two attached hydrogens (primary N) is 2. The van der Waals surface area contributed by atoms with E-state index in [2.05, 4.69) is 0 Å². The number of amidine groups is 2. The van der Waals surface area contributed by atoms with Crippen molar-refractivity contribution in [2.45, 2.75) is 32.8 Å². The number of rotatable bonds is 11. The van der Waals surface area contributed by atoms with Crippen LogP contribution >= 0.6 is 0 Å². The zero-order valence-electron chi connectivity index (χ0n) is 22.4. The number of hydrogen-bond donors (Lipinski definition) is 5. The summed E-state index contributed by atoms with van der Waals surface area (Å²) >= 11 is 0. The average molecular weight is 571 g/mol. The highest BCUT2D eigenvalue weighted by Gasteiger charge is 2.28. The van der Waals surface area contributed by atoms with Gasteiger partial charge in [-0.1, -0.05) is 30.4 Å².